The monoisotopic (exact) mass is 473 g/mol. The molecule has 0 bridgehead atoms. The summed E-state index contributed by atoms with van der Waals surface area (Å²) in [5.41, 5.74) is 2.59. The van der Waals surface area contributed by atoms with E-state index >= 15 is 0 Å². The number of aryl methyl sites for hydroxylation is 1. The number of carbonyl (C=O) groups is 2. The van der Waals surface area contributed by atoms with Crippen LogP contribution in [0.4, 0.5) is 5.69 Å². The predicted octanol–water partition coefficient (Wildman–Crippen LogP) is 3.78. The first-order valence-corrected chi connectivity index (χ1v) is 10.1. The van der Waals surface area contributed by atoms with E-state index in [4.69, 9.17) is 12.2 Å². The summed E-state index contributed by atoms with van der Waals surface area (Å²) >= 11 is 8.67. The minimum atomic E-state index is -0.289. The Morgan fingerprint density at radius 1 is 1.24 bits per heavy atom. The molecule has 0 unspecified atom stereocenters. The Morgan fingerprint density at radius 2 is 2.00 bits per heavy atom. The molecule has 1 heterocycles. The molecule has 0 saturated carbocycles. The Kier molecular flexibility index (Phi) is 6.60. The van der Waals surface area contributed by atoms with E-state index in [1.54, 1.807) is 17.7 Å². The van der Waals surface area contributed by atoms with E-state index < -0.39 is 0 Å². The van der Waals surface area contributed by atoms with Crippen LogP contribution in [0.3, 0.4) is 0 Å². The summed E-state index contributed by atoms with van der Waals surface area (Å²) in [6.07, 6.45) is 0. The third-order valence-corrected chi connectivity index (χ3v) is 5.29. The predicted molar refractivity (Wildman–Crippen MR) is 118 cm³/mol. The maximum Gasteiger partial charge on any atom is 0.244 e. The van der Waals surface area contributed by atoms with E-state index in [1.807, 2.05) is 49.4 Å². The Hall–Kier alpha value is -2.78. The van der Waals surface area contributed by atoms with Crippen LogP contribution in [0.25, 0.3) is 11.4 Å². The van der Waals surface area contributed by atoms with Gasteiger partial charge in [-0.25, -0.2) is 0 Å². The van der Waals surface area contributed by atoms with Crippen molar-refractivity contribution in [2.24, 2.45) is 0 Å². The summed E-state index contributed by atoms with van der Waals surface area (Å²) in [5, 5.41) is 9.78. The first-order valence-electron chi connectivity index (χ1n) is 8.85. The molecule has 2 N–H and O–H groups in total. The largest absolute Gasteiger partial charge is 0.335 e. The van der Waals surface area contributed by atoms with Gasteiger partial charge in [-0.05, 0) is 53.3 Å². The second-order valence-corrected chi connectivity index (χ2v) is 7.83. The zero-order chi connectivity index (χ0) is 21.0. The minimum absolute atomic E-state index is 0.0164. The van der Waals surface area contributed by atoms with Crippen molar-refractivity contribution in [1.82, 2.24) is 19.7 Å². The smallest absolute Gasteiger partial charge is 0.244 e. The number of H-pyrrole nitrogens is 1. The summed E-state index contributed by atoms with van der Waals surface area (Å²) in [5.74, 6) is 0.0410. The van der Waals surface area contributed by atoms with Crippen molar-refractivity contribution in [1.29, 1.82) is 0 Å². The maximum atomic E-state index is 12.7. The van der Waals surface area contributed by atoms with Crippen LogP contribution >= 0.6 is 28.1 Å². The van der Waals surface area contributed by atoms with Gasteiger partial charge < -0.3 is 10.2 Å². The highest BCUT2D eigenvalue weighted by atomic mass is 79.9. The number of nitrogens with zero attached hydrogens (tertiary/aromatic N) is 3. The summed E-state index contributed by atoms with van der Waals surface area (Å²) in [4.78, 5) is 26.4. The van der Waals surface area contributed by atoms with Gasteiger partial charge >= 0.3 is 0 Å². The normalized spacial score (nSPS) is 10.6. The molecule has 7 nitrogen and oxygen atoms in total. The van der Waals surface area contributed by atoms with Crippen molar-refractivity contribution in [3.05, 3.63) is 63.3 Å². The number of benzene rings is 2. The summed E-state index contributed by atoms with van der Waals surface area (Å²) in [6, 6.07) is 15.1. The van der Waals surface area contributed by atoms with Crippen molar-refractivity contribution in [3.63, 3.8) is 0 Å². The van der Waals surface area contributed by atoms with Crippen molar-refractivity contribution in [3.8, 4) is 11.4 Å². The lowest BCUT2D eigenvalue weighted by Gasteiger charge is -2.18. The summed E-state index contributed by atoms with van der Waals surface area (Å²) < 4.78 is 2.75. The zero-order valence-electron chi connectivity index (χ0n) is 16.0. The molecule has 0 radical (unpaired) electrons. The lowest BCUT2D eigenvalue weighted by Crippen LogP contribution is -2.37. The third kappa shape index (κ3) is 5.18. The van der Waals surface area contributed by atoms with Gasteiger partial charge in [0, 0.05) is 17.1 Å². The van der Waals surface area contributed by atoms with E-state index in [2.05, 4.69) is 31.4 Å². The molecule has 150 valence electrons. The number of likely N-dealkylation sites (N-methyl/N-ethyl adjacent to an activating group) is 1. The lowest BCUT2D eigenvalue weighted by molar-refractivity contribution is -0.133. The molecule has 3 aromatic rings. The highest BCUT2D eigenvalue weighted by Crippen LogP contribution is 2.21. The SMILES string of the molecule is Cc1cccc(-c2n[nH]c(=S)n2CC(=O)N(C)CC(=O)Nc2ccccc2Br)c1. The van der Waals surface area contributed by atoms with E-state index in [0.717, 1.165) is 15.6 Å². The number of hydrogen-bond acceptors (Lipinski definition) is 4. The Bertz CT molecular complexity index is 1110. The quantitative estimate of drug-likeness (QED) is 0.533. The third-order valence-electron chi connectivity index (χ3n) is 4.28. The van der Waals surface area contributed by atoms with Crippen molar-refractivity contribution in [2.75, 3.05) is 18.9 Å². The van der Waals surface area contributed by atoms with Crippen LogP contribution in [0, 0.1) is 11.7 Å². The Balaban J connectivity index is 1.69. The minimum Gasteiger partial charge on any atom is -0.335 e. The second-order valence-electron chi connectivity index (χ2n) is 6.59. The number of hydrogen-bond donors (Lipinski definition) is 2. The number of carbonyl (C=O) groups excluding carboxylic acids is 2. The molecule has 0 spiro atoms. The standard InChI is InChI=1S/C20H20BrN5O2S/c1-13-6-5-7-14(10-13)19-23-24-20(29)26(19)12-18(28)25(2)11-17(27)22-16-9-4-3-8-15(16)21/h3-10H,11-12H2,1-2H3,(H,22,27)(H,24,29). The van der Waals surface area contributed by atoms with Crippen LogP contribution in [0.5, 0.6) is 0 Å². The summed E-state index contributed by atoms with van der Waals surface area (Å²) in [7, 11) is 1.58. The molecule has 2 aromatic carbocycles. The Labute approximate surface area is 181 Å². The average molecular weight is 474 g/mol. The first-order chi connectivity index (χ1) is 13.8. The van der Waals surface area contributed by atoms with Gasteiger partial charge in [0.2, 0.25) is 11.8 Å². The molecule has 0 atom stereocenters. The highest BCUT2D eigenvalue weighted by molar-refractivity contribution is 9.10. The molecule has 0 aliphatic rings. The molecule has 0 saturated heterocycles. The van der Waals surface area contributed by atoms with E-state index in [9.17, 15) is 9.59 Å². The topological polar surface area (TPSA) is 83.0 Å². The molecule has 0 fully saturated rings. The number of para-hydroxylation sites is 1. The fraction of sp³-hybridized carbons (Fsp3) is 0.200. The van der Waals surface area contributed by atoms with Crippen LogP contribution in [-0.2, 0) is 16.1 Å². The van der Waals surface area contributed by atoms with Gasteiger partial charge in [0.05, 0.1) is 12.2 Å². The Morgan fingerprint density at radius 3 is 2.72 bits per heavy atom. The molecule has 3 rings (SSSR count). The fourth-order valence-corrected chi connectivity index (χ4v) is 3.36. The van der Waals surface area contributed by atoms with Gasteiger partial charge in [-0.15, -0.1) is 0 Å². The molecular formula is C20H20BrN5O2S. The van der Waals surface area contributed by atoms with Gasteiger partial charge in [0.15, 0.2) is 10.6 Å². The number of aromatic amines is 1. The van der Waals surface area contributed by atoms with Crippen molar-refractivity contribution >= 4 is 45.6 Å². The van der Waals surface area contributed by atoms with Crippen LogP contribution in [0.1, 0.15) is 5.56 Å². The molecule has 29 heavy (non-hydrogen) atoms. The fourth-order valence-electron chi connectivity index (χ4n) is 2.78. The average Bonchev–Trinajstić information content (AvgIpc) is 3.04. The van der Waals surface area contributed by atoms with Crippen LogP contribution in [-0.4, -0.2) is 45.1 Å². The van der Waals surface area contributed by atoms with Crippen molar-refractivity contribution < 1.29 is 9.59 Å². The summed E-state index contributed by atoms with van der Waals surface area (Å²) in [6.45, 7) is 1.89. The van der Waals surface area contributed by atoms with Gasteiger partial charge in [0.1, 0.15) is 6.54 Å². The van der Waals surface area contributed by atoms with Gasteiger partial charge in [-0.2, -0.15) is 5.10 Å². The number of aromatic nitrogens is 3. The van der Waals surface area contributed by atoms with E-state index in [-0.39, 0.29) is 24.9 Å². The molecule has 0 aliphatic carbocycles. The number of anilines is 1. The number of nitrogens with one attached hydrogen (secondary N) is 2. The van der Waals surface area contributed by atoms with Crippen LogP contribution in [0.15, 0.2) is 53.0 Å². The van der Waals surface area contributed by atoms with Gasteiger partial charge in [0.25, 0.3) is 0 Å². The number of rotatable bonds is 6. The first kappa shape index (κ1) is 20.9. The molecule has 2 amide bonds. The second kappa shape index (κ2) is 9.15. The van der Waals surface area contributed by atoms with E-state index in [1.165, 1.54) is 4.90 Å². The van der Waals surface area contributed by atoms with Crippen LogP contribution in [0.2, 0.25) is 0 Å². The van der Waals surface area contributed by atoms with E-state index in [0.29, 0.717) is 16.3 Å². The zero-order valence-corrected chi connectivity index (χ0v) is 18.4. The highest BCUT2D eigenvalue weighted by Gasteiger charge is 2.17. The van der Waals surface area contributed by atoms with Crippen LogP contribution < -0.4 is 5.32 Å². The number of halogens is 1. The molecule has 1 aromatic heterocycles. The van der Waals surface area contributed by atoms with Gasteiger partial charge in [-0.1, -0.05) is 35.9 Å². The lowest BCUT2D eigenvalue weighted by atomic mass is 10.1. The molecule has 0 aliphatic heterocycles. The molecular weight excluding hydrogens is 454 g/mol. The van der Waals surface area contributed by atoms with Crippen molar-refractivity contribution in [2.45, 2.75) is 13.5 Å². The molecule has 9 heteroatoms. The maximum absolute atomic E-state index is 12.7. The number of amides is 2. The van der Waals surface area contributed by atoms with Gasteiger partial charge in [-0.3, -0.25) is 19.3 Å².